The number of hydrogen-bond donors (Lipinski definition) is 0. The molecule has 94 valence electrons. The highest BCUT2D eigenvalue weighted by atomic mass is 79.9. The second-order valence-corrected chi connectivity index (χ2v) is 10.6. The Bertz CT molecular complexity index is 358. The maximum absolute atomic E-state index is 11.7. The van der Waals surface area contributed by atoms with Gasteiger partial charge in [0.05, 0.1) is 5.75 Å². The molecule has 0 N–H and O–H groups in total. The van der Waals surface area contributed by atoms with Crippen LogP contribution in [0.5, 0.6) is 0 Å². The Morgan fingerprint density at radius 1 is 1.31 bits per heavy atom. The first-order valence-electron chi connectivity index (χ1n) is 5.40. The zero-order valence-corrected chi connectivity index (χ0v) is 13.3. The molecule has 0 saturated carbocycles. The molecule has 2 aliphatic rings. The summed E-state index contributed by atoms with van der Waals surface area (Å²) in [6, 6.07) is 0. The van der Waals surface area contributed by atoms with Crippen LogP contribution in [0.15, 0.2) is 0 Å². The van der Waals surface area contributed by atoms with Gasteiger partial charge in [-0.25, -0.2) is 8.42 Å². The molecule has 0 aliphatic carbocycles. The van der Waals surface area contributed by atoms with E-state index in [4.69, 9.17) is 0 Å². The Labute approximate surface area is 114 Å². The molecule has 2 heterocycles. The normalized spacial score (nSPS) is 41.5. The number of sulfone groups is 1. The smallest absolute Gasteiger partial charge is 0.165 e. The second kappa shape index (κ2) is 4.99. The van der Waals surface area contributed by atoms with E-state index in [9.17, 15) is 8.42 Å². The van der Waals surface area contributed by atoms with Crippen molar-refractivity contribution in [2.45, 2.75) is 33.2 Å². The highest BCUT2D eigenvalue weighted by Gasteiger charge is 2.52. The van der Waals surface area contributed by atoms with E-state index >= 15 is 0 Å². The Balaban J connectivity index is 2.07. The highest BCUT2D eigenvalue weighted by molar-refractivity contribution is 9.11. The molecular weight excluding hydrogens is 330 g/mol. The fourth-order valence-electron chi connectivity index (χ4n) is 2.06. The molecule has 2 aliphatic heterocycles. The fraction of sp³-hybridized carbons (Fsp3) is 1.00. The van der Waals surface area contributed by atoms with E-state index in [2.05, 4.69) is 34.7 Å². The third-order valence-corrected chi connectivity index (χ3v) is 11.5. The van der Waals surface area contributed by atoms with E-state index in [1.165, 1.54) is 0 Å². The predicted molar refractivity (Wildman–Crippen MR) is 76.0 cm³/mol. The maximum atomic E-state index is 11.7. The van der Waals surface area contributed by atoms with Crippen LogP contribution >= 0.6 is 39.5 Å². The minimum absolute atomic E-state index is 0.223. The lowest BCUT2D eigenvalue weighted by Crippen LogP contribution is -2.30. The summed E-state index contributed by atoms with van der Waals surface area (Å²) in [6.45, 7) is 6.36. The van der Waals surface area contributed by atoms with Crippen molar-refractivity contribution >= 4 is 49.3 Å². The van der Waals surface area contributed by atoms with Gasteiger partial charge in [0, 0.05) is 10.5 Å². The monoisotopic (exact) mass is 345 g/mol. The quantitative estimate of drug-likeness (QED) is 0.731. The van der Waals surface area contributed by atoms with Gasteiger partial charge in [-0.3, -0.25) is 4.90 Å². The van der Waals surface area contributed by atoms with Crippen molar-refractivity contribution in [3.8, 4) is 0 Å². The van der Waals surface area contributed by atoms with Crippen molar-refractivity contribution < 1.29 is 8.42 Å². The van der Waals surface area contributed by atoms with Crippen LogP contribution in [0.2, 0.25) is 0 Å². The zero-order valence-electron chi connectivity index (χ0n) is 9.30. The summed E-state index contributed by atoms with van der Waals surface area (Å²) in [7, 11) is -2.89. The van der Waals surface area contributed by atoms with E-state index in [1.807, 2.05) is 23.5 Å². The van der Waals surface area contributed by atoms with Crippen molar-refractivity contribution in [3.05, 3.63) is 0 Å². The Hall–Kier alpha value is 1.09. The Morgan fingerprint density at radius 2 is 1.94 bits per heavy atom. The number of alkyl halides is 1. The van der Waals surface area contributed by atoms with Gasteiger partial charge in [-0.15, -0.1) is 23.5 Å². The lowest BCUT2D eigenvalue weighted by Gasteiger charge is -2.25. The number of thioether (sulfide) groups is 2. The summed E-state index contributed by atoms with van der Waals surface area (Å²) in [5.41, 5.74) is 0. The topological polar surface area (TPSA) is 37.4 Å². The summed E-state index contributed by atoms with van der Waals surface area (Å²) in [6.07, 6.45) is 0. The van der Waals surface area contributed by atoms with E-state index in [-0.39, 0.29) is 14.7 Å². The number of halogens is 1. The summed E-state index contributed by atoms with van der Waals surface area (Å²) in [4.78, 5) is 2.39. The molecule has 3 nitrogen and oxygen atoms in total. The molecule has 0 aromatic carbocycles. The third kappa shape index (κ3) is 2.30. The molecule has 2 saturated heterocycles. The van der Waals surface area contributed by atoms with Gasteiger partial charge in [-0.05, 0) is 13.1 Å². The van der Waals surface area contributed by atoms with Crippen LogP contribution in [-0.4, -0.2) is 51.5 Å². The molecule has 2 rings (SSSR count). The summed E-state index contributed by atoms with van der Waals surface area (Å²) >= 11 is 6.98. The van der Waals surface area contributed by atoms with E-state index < -0.39 is 9.84 Å². The number of rotatable bonds is 3. The van der Waals surface area contributed by atoms with E-state index in [0.717, 1.165) is 13.1 Å². The van der Waals surface area contributed by atoms with Crippen molar-refractivity contribution in [1.82, 2.24) is 4.90 Å². The van der Waals surface area contributed by atoms with Gasteiger partial charge in [-0.2, -0.15) is 0 Å². The average Bonchev–Trinajstić information content (AvgIpc) is 2.69. The van der Waals surface area contributed by atoms with Crippen LogP contribution in [-0.2, 0) is 9.84 Å². The van der Waals surface area contributed by atoms with Gasteiger partial charge >= 0.3 is 0 Å². The van der Waals surface area contributed by atoms with Crippen molar-refractivity contribution in [2.75, 3.05) is 18.8 Å². The molecule has 2 fully saturated rings. The molecule has 0 unspecified atom stereocenters. The zero-order chi connectivity index (χ0) is 11.9. The van der Waals surface area contributed by atoms with Crippen molar-refractivity contribution in [3.63, 3.8) is 0 Å². The Kier molecular flexibility index (Phi) is 4.22. The second-order valence-electron chi connectivity index (χ2n) is 3.98. The van der Waals surface area contributed by atoms with Crippen LogP contribution in [0.25, 0.3) is 0 Å². The molecular formula is C9H16BrNO2S3. The molecule has 0 aromatic heterocycles. The molecule has 0 amide bonds. The van der Waals surface area contributed by atoms with Gasteiger partial charge in [0.25, 0.3) is 0 Å². The fourth-order valence-corrected chi connectivity index (χ4v) is 10.4. The Morgan fingerprint density at radius 3 is 2.44 bits per heavy atom. The maximum Gasteiger partial charge on any atom is 0.165 e. The average molecular weight is 346 g/mol. The number of nitrogens with zero attached hydrogens (tertiary/aromatic N) is 1. The molecule has 0 radical (unpaired) electrons. The number of fused-ring (bicyclic) bond motifs is 1. The van der Waals surface area contributed by atoms with E-state index in [0.29, 0.717) is 10.5 Å². The van der Waals surface area contributed by atoms with Gasteiger partial charge in [0.15, 0.2) is 9.84 Å². The highest BCUT2D eigenvalue weighted by Crippen LogP contribution is 2.52. The SMILES string of the molecule is CCN(CC)[C@H]1S[C@@H]2[C@@H](Br)S(=O)(=O)C[C@H]2S1. The standard InChI is InChI=1S/C9H16BrNO2S3/c1-3-11(4-2)9-14-6-5-16(12,13)8(10)7(6)15-9/h6-9H,3-5H2,1-2H3/t6-,7+,8+,9-/m1/s1. The molecule has 4 atom stereocenters. The first kappa shape index (κ1) is 13.5. The summed E-state index contributed by atoms with van der Waals surface area (Å²) < 4.78 is 23.5. The largest absolute Gasteiger partial charge is 0.284 e. The summed E-state index contributed by atoms with van der Waals surface area (Å²) in [5, 5.41) is 0.491. The van der Waals surface area contributed by atoms with Crippen LogP contribution in [0.1, 0.15) is 13.8 Å². The molecule has 0 aromatic rings. The predicted octanol–water partition coefficient (Wildman–Crippen LogP) is 1.98. The van der Waals surface area contributed by atoms with Gasteiger partial charge in [0.2, 0.25) is 0 Å². The van der Waals surface area contributed by atoms with Gasteiger partial charge in [0.1, 0.15) is 8.87 Å². The van der Waals surface area contributed by atoms with E-state index in [1.54, 1.807) is 0 Å². The molecule has 0 spiro atoms. The molecule has 16 heavy (non-hydrogen) atoms. The molecule has 0 bridgehead atoms. The summed E-state index contributed by atoms with van der Waals surface area (Å²) in [5.74, 6) is 0.336. The van der Waals surface area contributed by atoms with Crippen molar-refractivity contribution in [2.24, 2.45) is 0 Å². The third-order valence-electron chi connectivity index (χ3n) is 3.04. The van der Waals surface area contributed by atoms with Crippen LogP contribution in [0, 0.1) is 0 Å². The van der Waals surface area contributed by atoms with Crippen LogP contribution in [0.4, 0.5) is 0 Å². The minimum atomic E-state index is -2.89. The minimum Gasteiger partial charge on any atom is -0.284 e. The lowest BCUT2D eigenvalue weighted by atomic mass is 10.4. The van der Waals surface area contributed by atoms with Crippen molar-refractivity contribution in [1.29, 1.82) is 0 Å². The van der Waals surface area contributed by atoms with Crippen LogP contribution in [0.3, 0.4) is 0 Å². The van der Waals surface area contributed by atoms with Gasteiger partial charge in [-0.1, -0.05) is 29.8 Å². The first-order chi connectivity index (χ1) is 7.49. The van der Waals surface area contributed by atoms with Gasteiger partial charge < -0.3 is 0 Å². The van der Waals surface area contributed by atoms with Crippen LogP contribution < -0.4 is 0 Å². The lowest BCUT2D eigenvalue weighted by molar-refractivity contribution is 0.340. The molecule has 7 heteroatoms. The first-order valence-corrected chi connectivity index (χ1v) is 9.92. The number of hydrogen-bond acceptors (Lipinski definition) is 5.